The molecule has 1 fully saturated rings. The van der Waals surface area contributed by atoms with Crippen molar-refractivity contribution in [3.8, 4) is 0 Å². The molecule has 1 aliphatic heterocycles. The monoisotopic (exact) mass is 246 g/mol. The number of carbonyl (C=O) groups is 1. The first-order valence-corrected chi connectivity index (χ1v) is 6.62. The van der Waals surface area contributed by atoms with Crippen molar-refractivity contribution < 1.29 is 4.79 Å². The van der Waals surface area contributed by atoms with E-state index < -0.39 is 0 Å². The van der Waals surface area contributed by atoms with Crippen LogP contribution in [0.25, 0.3) is 0 Å². The topological polar surface area (TPSA) is 32.3 Å². The molecule has 98 valence electrons. The number of aryl methyl sites for hydroxylation is 1. The average molecular weight is 246 g/mol. The second-order valence-electron chi connectivity index (χ2n) is 5.32. The zero-order valence-electron chi connectivity index (χ0n) is 11.4. The SMILES string of the molecule is Cc1cccc(CN(C)C(=O)C2CCNC2C)c1. The summed E-state index contributed by atoms with van der Waals surface area (Å²) in [5, 5.41) is 3.33. The van der Waals surface area contributed by atoms with Crippen LogP contribution in [0.3, 0.4) is 0 Å². The molecule has 1 aliphatic rings. The predicted octanol–water partition coefficient (Wildman–Crippen LogP) is 1.95. The Morgan fingerprint density at radius 2 is 2.28 bits per heavy atom. The Morgan fingerprint density at radius 1 is 1.50 bits per heavy atom. The summed E-state index contributed by atoms with van der Waals surface area (Å²) in [5.74, 6) is 0.397. The first-order valence-electron chi connectivity index (χ1n) is 6.62. The summed E-state index contributed by atoms with van der Waals surface area (Å²) >= 11 is 0. The Hall–Kier alpha value is -1.35. The quantitative estimate of drug-likeness (QED) is 0.884. The highest BCUT2D eigenvalue weighted by Crippen LogP contribution is 2.18. The van der Waals surface area contributed by atoms with Crippen LogP contribution in [0.15, 0.2) is 24.3 Å². The summed E-state index contributed by atoms with van der Waals surface area (Å²) in [6.07, 6.45) is 0.957. The Labute approximate surface area is 109 Å². The van der Waals surface area contributed by atoms with E-state index in [9.17, 15) is 4.79 Å². The number of carbonyl (C=O) groups excluding carboxylic acids is 1. The van der Waals surface area contributed by atoms with Crippen LogP contribution in [0.4, 0.5) is 0 Å². The summed E-state index contributed by atoms with van der Waals surface area (Å²) in [7, 11) is 1.90. The van der Waals surface area contributed by atoms with Crippen LogP contribution in [0.1, 0.15) is 24.5 Å². The Kier molecular flexibility index (Phi) is 4.02. The van der Waals surface area contributed by atoms with Crippen molar-refractivity contribution in [3.63, 3.8) is 0 Å². The van der Waals surface area contributed by atoms with E-state index in [1.807, 2.05) is 18.0 Å². The van der Waals surface area contributed by atoms with Crippen LogP contribution in [-0.4, -0.2) is 30.4 Å². The van der Waals surface area contributed by atoms with Crippen LogP contribution in [0.5, 0.6) is 0 Å². The van der Waals surface area contributed by atoms with Gasteiger partial charge in [-0.1, -0.05) is 29.8 Å². The van der Waals surface area contributed by atoms with E-state index in [0.717, 1.165) is 13.0 Å². The second kappa shape index (κ2) is 5.53. The van der Waals surface area contributed by atoms with Crippen molar-refractivity contribution in [2.75, 3.05) is 13.6 Å². The van der Waals surface area contributed by atoms with Gasteiger partial charge in [0.25, 0.3) is 0 Å². The van der Waals surface area contributed by atoms with Gasteiger partial charge < -0.3 is 10.2 Å². The molecule has 3 nitrogen and oxygen atoms in total. The van der Waals surface area contributed by atoms with Crippen LogP contribution in [0.2, 0.25) is 0 Å². The molecule has 0 bridgehead atoms. The lowest BCUT2D eigenvalue weighted by molar-refractivity contribution is -0.134. The summed E-state index contributed by atoms with van der Waals surface area (Å²) in [4.78, 5) is 14.2. The smallest absolute Gasteiger partial charge is 0.227 e. The Bertz CT molecular complexity index is 430. The fourth-order valence-electron chi connectivity index (χ4n) is 2.64. The summed E-state index contributed by atoms with van der Waals surface area (Å²) in [6.45, 7) is 5.82. The lowest BCUT2D eigenvalue weighted by atomic mass is 10.0. The number of benzene rings is 1. The number of hydrogen-bond acceptors (Lipinski definition) is 2. The molecule has 18 heavy (non-hydrogen) atoms. The molecule has 1 heterocycles. The minimum Gasteiger partial charge on any atom is -0.341 e. The average Bonchev–Trinajstić information content (AvgIpc) is 2.74. The third-order valence-electron chi connectivity index (χ3n) is 3.72. The zero-order valence-corrected chi connectivity index (χ0v) is 11.4. The fourth-order valence-corrected chi connectivity index (χ4v) is 2.64. The van der Waals surface area contributed by atoms with Gasteiger partial charge in [0.1, 0.15) is 0 Å². The van der Waals surface area contributed by atoms with Gasteiger partial charge in [0.2, 0.25) is 5.91 Å². The van der Waals surface area contributed by atoms with Gasteiger partial charge in [-0.3, -0.25) is 4.79 Å². The van der Waals surface area contributed by atoms with E-state index in [2.05, 4.69) is 37.4 Å². The summed E-state index contributed by atoms with van der Waals surface area (Å²) in [6, 6.07) is 8.64. The highest BCUT2D eigenvalue weighted by molar-refractivity contribution is 5.79. The molecule has 0 spiro atoms. The Balaban J connectivity index is 1.99. The molecular formula is C15H22N2O. The standard InChI is InChI=1S/C15H22N2O/c1-11-5-4-6-13(9-11)10-17(3)15(18)14-7-8-16-12(14)2/h4-6,9,12,14,16H,7-8,10H2,1-3H3. The van der Waals surface area contributed by atoms with Crippen LogP contribution in [-0.2, 0) is 11.3 Å². The first kappa shape index (κ1) is 13.1. The van der Waals surface area contributed by atoms with Gasteiger partial charge in [-0.05, 0) is 32.4 Å². The van der Waals surface area contributed by atoms with Crippen LogP contribution in [0, 0.1) is 12.8 Å². The van der Waals surface area contributed by atoms with Gasteiger partial charge in [-0.2, -0.15) is 0 Å². The summed E-state index contributed by atoms with van der Waals surface area (Å²) in [5.41, 5.74) is 2.44. The molecule has 2 rings (SSSR count). The van der Waals surface area contributed by atoms with Gasteiger partial charge >= 0.3 is 0 Å². The molecule has 0 saturated carbocycles. The highest BCUT2D eigenvalue weighted by atomic mass is 16.2. The minimum absolute atomic E-state index is 0.139. The number of rotatable bonds is 3. The van der Waals surface area contributed by atoms with Gasteiger partial charge in [-0.25, -0.2) is 0 Å². The molecule has 0 aromatic heterocycles. The highest BCUT2D eigenvalue weighted by Gasteiger charge is 2.31. The molecule has 1 amide bonds. The first-order chi connectivity index (χ1) is 8.58. The molecule has 1 aromatic carbocycles. The van der Waals surface area contributed by atoms with Gasteiger partial charge in [-0.15, -0.1) is 0 Å². The van der Waals surface area contributed by atoms with E-state index in [4.69, 9.17) is 0 Å². The fraction of sp³-hybridized carbons (Fsp3) is 0.533. The maximum absolute atomic E-state index is 12.3. The van der Waals surface area contributed by atoms with E-state index in [1.54, 1.807) is 0 Å². The number of nitrogens with one attached hydrogen (secondary N) is 1. The van der Waals surface area contributed by atoms with Crippen molar-refractivity contribution >= 4 is 5.91 Å². The second-order valence-corrected chi connectivity index (χ2v) is 5.32. The maximum atomic E-state index is 12.3. The molecule has 0 aliphatic carbocycles. The van der Waals surface area contributed by atoms with E-state index in [0.29, 0.717) is 12.6 Å². The molecule has 2 atom stereocenters. The molecule has 3 heteroatoms. The number of hydrogen-bond donors (Lipinski definition) is 1. The van der Waals surface area contributed by atoms with Crippen LogP contribution < -0.4 is 5.32 Å². The van der Waals surface area contributed by atoms with Crippen molar-refractivity contribution in [3.05, 3.63) is 35.4 Å². The molecule has 1 N–H and O–H groups in total. The van der Waals surface area contributed by atoms with Crippen molar-refractivity contribution in [1.82, 2.24) is 10.2 Å². The van der Waals surface area contributed by atoms with Crippen molar-refractivity contribution in [2.45, 2.75) is 32.9 Å². The lowest BCUT2D eigenvalue weighted by Crippen LogP contribution is -2.37. The zero-order chi connectivity index (χ0) is 13.1. The summed E-state index contributed by atoms with van der Waals surface area (Å²) < 4.78 is 0. The van der Waals surface area contributed by atoms with E-state index >= 15 is 0 Å². The van der Waals surface area contributed by atoms with Crippen molar-refractivity contribution in [1.29, 1.82) is 0 Å². The third-order valence-corrected chi connectivity index (χ3v) is 3.72. The maximum Gasteiger partial charge on any atom is 0.227 e. The Morgan fingerprint density at radius 3 is 2.89 bits per heavy atom. The van der Waals surface area contributed by atoms with Crippen LogP contribution >= 0.6 is 0 Å². The third kappa shape index (κ3) is 2.91. The van der Waals surface area contributed by atoms with E-state index in [1.165, 1.54) is 11.1 Å². The van der Waals surface area contributed by atoms with Crippen molar-refractivity contribution in [2.24, 2.45) is 5.92 Å². The molecule has 2 unspecified atom stereocenters. The minimum atomic E-state index is 0.139. The van der Waals surface area contributed by atoms with Gasteiger partial charge in [0, 0.05) is 19.6 Å². The molecule has 1 saturated heterocycles. The molecule has 0 radical (unpaired) electrons. The molecule has 1 aromatic rings. The number of nitrogens with zero attached hydrogens (tertiary/aromatic N) is 1. The largest absolute Gasteiger partial charge is 0.341 e. The van der Waals surface area contributed by atoms with Gasteiger partial charge in [0.05, 0.1) is 5.92 Å². The van der Waals surface area contributed by atoms with Gasteiger partial charge in [0.15, 0.2) is 0 Å². The van der Waals surface area contributed by atoms with E-state index in [-0.39, 0.29) is 11.8 Å². The normalized spacial score (nSPS) is 23.1. The predicted molar refractivity (Wildman–Crippen MR) is 73.2 cm³/mol. The number of amides is 1. The molecular weight excluding hydrogens is 224 g/mol. The lowest BCUT2D eigenvalue weighted by Gasteiger charge is -2.23.